The predicted octanol–water partition coefficient (Wildman–Crippen LogP) is 5.18. The fourth-order valence-electron chi connectivity index (χ4n) is 5.36. The van der Waals surface area contributed by atoms with E-state index in [1.807, 2.05) is 67.3 Å². The van der Waals surface area contributed by atoms with Crippen molar-refractivity contribution in [2.75, 3.05) is 34.8 Å². The third kappa shape index (κ3) is 3.57. The van der Waals surface area contributed by atoms with Gasteiger partial charge in [-0.05, 0) is 49.7 Å². The molecule has 0 bridgehead atoms. The number of H-pyrrole nitrogens is 1. The van der Waals surface area contributed by atoms with Crippen LogP contribution in [0.4, 0.5) is 17.1 Å². The molecule has 2 aliphatic rings. The van der Waals surface area contributed by atoms with Gasteiger partial charge in [-0.1, -0.05) is 42.5 Å². The Morgan fingerprint density at radius 1 is 1.03 bits per heavy atom. The molecule has 2 aliphatic heterocycles. The zero-order chi connectivity index (χ0) is 24.2. The van der Waals surface area contributed by atoms with Gasteiger partial charge in [0.1, 0.15) is 0 Å². The molecule has 6 heteroatoms. The molecule has 3 aromatic carbocycles. The zero-order valence-corrected chi connectivity index (χ0v) is 19.9. The van der Waals surface area contributed by atoms with Gasteiger partial charge >= 0.3 is 0 Å². The van der Waals surface area contributed by atoms with Crippen LogP contribution in [0.5, 0.6) is 0 Å². The monoisotopic (exact) mass is 464 g/mol. The molecule has 6 rings (SSSR count). The molecule has 3 heterocycles. The first-order chi connectivity index (χ1) is 16.9. The summed E-state index contributed by atoms with van der Waals surface area (Å²) in [4.78, 5) is 33.9. The van der Waals surface area contributed by atoms with Crippen LogP contribution in [0.25, 0.3) is 10.9 Å². The number of carbonyl (C=O) groups is 2. The number of amides is 2. The maximum absolute atomic E-state index is 13.4. The molecule has 6 nitrogen and oxygen atoms in total. The molecule has 176 valence electrons. The minimum Gasteiger partial charge on any atom is -0.371 e. The van der Waals surface area contributed by atoms with Crippen LogP contribution < -0.4 is 15.1 Å². The lowest BCUT2D eigenvalue weighted by molar-refractivity contribution is -0.122. The number of nitrogens with zero attached hydrogens (tertiary/aromatic N) is 2. The van der Waals surface area contributed by atoms with Gasteiger partial charge < -0.3 is 20.1 Å². The van der Waals surface area contributed by atoms with Gasteiger partial charge in [-0.2, -0.15) is 0 Å². The smallest absolute Gasteiger partial charge is 0.257 e. The molecule has 0 saturated carbocycles. The maximum atomic E-state index is 13.4. The van der Waals surface area contributed by atoms with Gasteiger partial charge in [0.2, 0.25) is 5.91 Å². The third-order valence-corrected chi connectivity index (χ3v) is 7.35. The molecular formula is C29H28N4O2. The second kappa shape index (κ2) is 8.01. The van der Waals surface area contributed by atoms with Crippen molar-refractivity contribution in [3.63, 3.8) is 0 Å². The van der Waals surface area contributed by atoms with E-state index < -0.39 is 5.41 Å². The first-order valence-electron chi connectivity index (χ1n) is 12.1. The van der Waals surface area contributed by atoms with E-state index in [1.165, 1.54) is 5.69 Å². The molecule has 0 radical (unpaired) electrons. The van der Waals surface area contributed by atoms with Gasteiger partial charge in [0.15, 0.2) is 0 Å². The summed E-state index contributed by atoms with van der Waals surface area (Å²) in [6.45, 7) is 6.50. The van der Waals surface area contributed by atoms with Crippen LogP contribution >= 0.6 is 0 Å². The average molecular weight is 465 g/mol. The summed E-state index contributed by atoms with van der Waals surface area (Å²) >= 11 is 0. The predicted molar refractivity (Wildman–Crippen MR) is 140 cm³/mol. The van der Waals surface area contributed by atoms with Crippen molar-refractivity contribution in [3.8, 4) is 0 Å². The summed E-state index contributed by atoms with van der Waals surface area (Å²) in [6.07, 6.45) is 1.74. The van der Waals surface area contributed by atoms with Crippen LogP contribution in [-0.4, -0.2) is 36.4 Å². The molecule has 0 unspecified atom stereocenters. The van der Waals surface area contributed by atoms with Crippen molar-refractivity contribution in [2.45, 2.75) is 19.3 Å². The second-order valence-corrected chi connectivity index (χ2v) is 10.1. The number of anilines is 3. The molecule has 0 spiro atoms. The van der Waals surface area contributed by atoms with Gasteiger partial charge in [-0.15, -0.1) is 0 Å². The molecule has 35 heavy (non-hydrogen) atoms. The first kappa shape index (κ1) is 21.5. The molecule has 0 aliphatic carbocycles. The molecule has 2 amide bonds. The summed E-state index contributed by atoms with van der Waals surface area (Å²) in [6, 6.07) is 23.9. The number of carbonyl (C=O) groups excluding carboxylic acids is 2. The van der Waals surface area contributed by atoms with Crippen molar-refractivity contribution >= 4 is 39.8 Å². The summed E-state index contributed by atoms with van der Waals surface area (Å²) in [5.41, 5.74) is 4.76. The van der Waals surface area contributed by atoms with Gasteiger partial charge in [-0.25, -0.2) is 0 Å². The van der Waals surface area contributed by atoms with Crippen LogP contribution in [0.1, 0.15) is 29.8 Å². The van der Waals surface area contributed by atoms with Gasteiger partial charge in [0, 0.05) is 59.7 Å². The highest BCUT2D eigenvalue weighted by atomic mass is 16.2. The number of hydrogen-bond acceptors (Lipinski definition) is 3. The molecule has 1 aromatic heterocycles. The van der Waals surface area contributed by atoms with Crippen molar-refractivity contribution in [1.29, 1.82) is 0 Å². The Morgan fingerprint density at radius 3 is 2.57 bits per heavy atom. The lowest BCUT2D eigenvalue weighted by Gasteiger charge is -2.42. The Balaban J connectivity index is 1.22. The van der Waals surface area contributed by atoms with Gasteiger partial charge in [0.25, 0.3) is 5.91 Å². The van der Waals surface area contributed by atoms with E-state index in [-0.39, 0.29) is 11.8 Å². The first-order valence-corrected chi connectivity index (χ1v) is 12.1. The minimum absolute atomic E-state index is 0.116. The largest absolute Gasteiger partial charge is 0.371 e. The lowest BCUT2D eigenvalue weighted by atomic mass is 9.86. The topological polar surface area (TPSA) is 68.4 Å². The van der Waals surface area contributed by atoms with E-state index in [2.05, 4.69) is 39.5 Å². The fraction of sp³-hybridized carbons (Fsp3) is 0.241. The van der Waals surface area contributed by atoms with E-state index in [9.17, 15) is 9.59 Å². The number of aromatic amines is 1. The number of fused-ring (bicyclic) bond motifs is 2. The molecule has 1 saturated heterocycles. The highest BCUT2D eigenvalue weighted by Gasteiger charge is 2.45. The molecular weight excluding hydrogens is 436 g/mol. The lowest BCUT2D eigenvalue weighted by Crippen LogP contribution is -2.53. The van der Waals surface area contributed by atoms with Crippen LogP contribution in [-0.2, 0) is 10.2 Å². The van der Waals surface area contributed by atoms with E-state index in [0.29, 0.717) is 23.7 Å². The Morgan fingerprint density at radius 2 is 1.77 bits per heavy atom. The molecule has 4 aromatic rings. The van der Waals surface area contributed by atoms with E-state index in [0.717, 1.165) is 35.2 Å². The number of aromatic nitrogens is 1. The Kier molecular flexibility index (Phi) is 4.92. The molecule has 2 N–H and O–H groups in total. The molecule has 1 fully saturated rings. The fourth-order valence-corrected chi connectivity index (χ4v) is 5.36. The second-order valence-electron chi connectivity index (χ2n) is 10.1. The number of nitrogens with one attached hydrogen (secondary N) is 2. The summed E-state index contributed by atoms with van der Waals surface area (Å²) in [7, 11) is 0. The number of rotatable bonds is 5. The maximum Gasteiger partial charge on any atom is 0.257 e. The van der Waals surface area contributed by atoms with Crippen LogP contribution in [0, 0.1) is 5.92 Å². The van der Waals surface area contributed by atoms with Crippen LogP contribution in [0.3, 0.4) is 0 Å². The number of benzene rings is 3. The third-order valence-electron chi connectivity index (χ3n) is 7.35. The van der Waals surface area contributed by atoms with Crippen molar-refractivity contribution < 1.29 is 9.59 Å². The Labute approximate surface area is 204 Å². The van der Waals surface area contributed by atoms with Crippen molar-refractivity contribution in [1.82, 2.24) is 4.98 Å². The quantitative estimate of drug-likeness (QED) is 0.428. The van der Waals surface area contributed by atoms with Gasteiger partial charge in [0.05, 0.1) is 11.0 Å². The summed E-state index contributed by atoms with van der Waals surface area (Å²) < 4.78 is 0. The Bertz CT molecular complexity index is 1430. The average Bonchev–Trinajstić information content (AvgIpc) is 3.34. The Hall–Kier alpha value is -4.06. The van der Waals surface area contributed by atoms with Crippen molar-refractivity contribution in [2.24, 2.45) is 5.92 Å². The summed E-state index contributed by atoms with van der Waals surface area (Å²) in [5.74, 6) is 0.353. The van der Waals surface area contributed by atoms with E-state index >= 15 is 0 Å². The van der Waals surface area contributed by atoms with E-state index in [4.69, 9.17) is 0 Å². The normalized spacial score (nSPS) is 16.9. The SMILES string of the molecule is CC1(C)C(=O)N(CC2CN(c3ccccc3)C2)c2cc(NC(=O)c3c[nH]c4ccccc34)ccc21. The van der Waals surface area contributed by atoms with Crippen LogP contribution in [0.2, 0.25) is 0 Å². The summed E-state index contributed by atoms with van der Waals surface area (Å²) in [5, 5.41) is 3.92. The van der Waals surface area contributed by atoms with Crippen LogP contribution in [0.15, 0.2) is 79.0 Å². The number of para-hydroxylation sites is 2. The van der Waals surface area contributed by atoms with E-state index in [1.54, 1.807) is 6.20 Å². The standard InChI is InChI=1S/C29H28N4O2/c1-29(2)24-13-12-20(31-27(34)23-15-30-25-11-7-6-10-22(23)25)14-26(24)33(28(29)35)18-19-16-32(17-19)21-8-4-3-5-9-21/h3-15,19,30H,16-18H2,1-2H3,(H,31,34). The highest BCUT2D eigenvalue weighted by molar-refractivity contribution is 6.13. The van der Waals surface area contributed by atoms with Crippen molar-refractivity contribution in [3.05, 3.63) is 90.1 Å². The zero-order valence-electron chi connectivity index (χ0n) is 19.9. The highest BCUT2D eigenvalue weighted by Crippen LogP contribution is 2.43. The number of hydrogen-bond donors (Lipinski definition) is 2. The minimum atomic E-state index is -0.586. The molecule has 0 atom stereocenters. The van der Waals surface area contributed by atoms with Gasteiger partial charge in [-0.3, -0.25) is 9.59 Å².